The van der Waals surface area contributed by atoms with Crippen molar-refractivity contribution in [2.45, 2.75) is 49.4 Å². The summed E-state index contributed by atoms with van der Waals surface area (Å²) in [5.41, 5.74) is 0.916. The van der Waals surface area contributed by atoms with Crippen LogP contribution in [0.1, 0.15) is 38.1 Å². The lowest BCUT2D eigenvalue weighted by atomic mass is 9.95. The lowest BCUT2D eigenvalue weighted by Crippen LogP contribution is -2.41. The molecular weight excluding hydrogens is 464 g/mol. The number of para-hydroxylation sites is 3. The number of benzene rings is 2. The van der Waals surface area contributed by atoms with Crippen LogP contribution in [0.2, 0.25) is 0 Å². The first-order valence-corrected chi connectivity index (χ1v) is 13.1. The number of hydrogen-bond donors (Lipinski definition) is 1. The van der Waals surface area contributed by atoms with E-state index >= 15 is 0 Å². The first kappa shape index (κ1) is 23.5. The fourth-order valence-corrected chi connectivity index (χ4v) is 5.46. The quantitative estimate of drug-likeness (QED) is 0.461. The minimum atomic E-state index is -0.220. The lowest BCUT2D eigenvalue weighted by Gasteiger charge is -2.26. The molecule has 35 heavy (non-hydrogen) atoms. The van der Waals surface area contributed by atoms with E-state index in [9.17, 15) is 4.79 Å². The number of thioether (sulfide) groups is 1. The van der Waals surface area contributed by atoms with Gasteiger partial charge in [-0.15, -0.1) is 10.2 Å². The van der Waals surface area contributed by atoms with Gasteiger partial charge in [-0.25, -0.2) is 0 Å². The highest BCUT2D eigenvalue weighted by atomic mass is 32.2. The second-order valence-electron chi connectivity index (χ2n) is 8.76. The largest absolute Gasteiger partial charge is 0.496 e. The summed E-state index contributed by atoms with van der Waals surface area (Å²) in [6, 6.07) is 15.8. The van der Waals surface area contributed by atoms with Gasteiger partial charge in [-0.05, 0) is 37.1 Å². The van der Waals surface area contributed by atoms with Crippen LogP contribution in [0.4, 0.5) is 0 Å². The standard InChI is InChI=1S/C26H30N4O4S/c1-32-21-12-6-5-11-20(21)25-28-29-26(30(25)18-9-3-2-4-10-18)35-17-24(31)27-15-19-16-33-22-13-7-8-14-23(22)34-19/h5-8,11-14,18-19H,2-4,9-10,15-17H2,1H3,(H,27,31)/t19-/m1/s1. The Morgan fingerprint density at radius 3 is 2.69 bits per heavy atom. The zero-order valence-electron chi connectivity index (χ0n) is 19.8. The van der Waals surface area contributed by atoms with E-state index in [4.69, 9.17) is 14.2 Å². The Kier molecular flexibility index (Phi) is 7.42. The summed E-state index contributed by atoms with van der Waals surface area (Å²) in [5, 5.41) is 12.7. The van der Waals surface area contributed by atoms with Crippen LogP contribution in [0.3, 0.4) is 0 Å². The third kappa shape index (κ3) is 5.40. The van der Waals surface area contributed by atoms with Gasteiger partial charge in [0.05, 0.1) is 25.0 Å². The molecule has 2 heterocycles. The van der Waals surface area contributed by atoms with Gasteiger partial charge in [-0.1, -0.05) is 55.3 Å². The number of fused-ring (bicyclic) bond motifs is 1. The Labute approximate surface area is 209 Å². The molecule has 8 nitrogen and oxygen atoms in total. The van der Waals surface area contributed by atoms with E-state index in [2.05, 4.69) is 20.1 Å². The molecule has 2 aromatic carbocycles. The number of nitrogens with zero attached hydrogens (tertiary/aromatic N) is 3. The average Bonchev–Trinajstić information content (AvgIpc) is 3.34. The van der Waals surface area contributed by atoms with Crippen molar-refractivity contribution in [1.82, 2.24) is 20.1 Å². The van der Waals surface area contributed by atoms with E-state index in [1.807, 2.05) is 48.5 Å². The number of carbonyl (C=O) groups excluding carboxylic acids is 1. The number of carbonyl (C=O) groups is 1. The second kappa shape index (κ2) is 11.0. The van der Waals surface area contributed by atoms with Crippen molar-refractivity contribution >= 4 is 17.7 Å². The van der Waals surface area contributed by atoms with Gasteiger partial charge < -0.3 is 19.5 Å². The third-order valence-corrected chi connectivity index (χ3v) is 7.32. The van der Waals surface area contributed by atoms with Crippen molar-refractivity contribution in [2.24, 2.45) is 0 Å². The first-order chi connectivity index (χ1) is 17.2. The predicted octanol–water partition coefficient (Wildman–Crippen LogP) is 4.51. The van der Waals surface area contributed by atoms with Gasteiger partial charge in [0.25, 0.3) is 0 Å². The summed E-state index contributed by atoms with van der Waals surface area (Å²) in [7, 11) is 1.67. The van der Waals surface area contributed by atoms with Crippen LogP contribution < -0.4 is 19.5 Å². The highest BCUT2D eigenvalue weighted by Gasteiger charge is 2.26. The van der Waals surface area contributed by atoms with E-state index in [-0.39, 0.29) is 17.8 Å². The zero-order chi connectivity index (χ0) is 24.0. The maximum atomic E-state index is 12.7. The Bertz CT molecular complexity index is 1160. The molecule has 1 fully saturated rings. The molecule has 1 amide bonds. The minimum absolute atomic E-state index is 0.0745. The second-order valence-corrected chi connectivity index (χ2v) is 9.70. The molecule has 0 saturated heterocycles. The van der Waals surface area contributed by atoms with Gasteiger partial charge in [0.15, 0.2) is 22.5 Å². The van der Waals surface area contributed by atoms with Gasteiger partial charge >= 0.3 is 0 Å². The average molecular weight is 495 g/mol. The van der Waals surface area contributed by atoms with Crippen molar-refractivity contribution in [2.75, 3.05) is 26.0 Å². The summed E-state index contributed by atoms with van der Waals surface area (Å²) >= 11 is 1.42. The van der Waals surface area contributed by atoms with Crippen LogP contribution in [0.25, 0.3) is 11.4 Å². The molecule has 1 aromatic heterocycles. The van der Waals surface area contributed by atoms with Crippen molar-refractivity contribution < 1.29 is 19.0 Å². The first-order valence-electron chi connectivity index (χ1n) is 12.1. The smallest absolute Gasteiger partial charge is 0.230 e. The topological polar surface area (TPSA) is 87.5 Å². The molecule has 9 heteroatoms. The Balaban J connectivity index is 1.25. The minimum Gasteiger partial charge on any atom is -0.496 e. The maximum Gasteiger partial charge on any atom is 0.230 e. The molecule has 0 unspecified atom stereocenters. The molecule has 3 aromatic rings. The summed E-state index contributed by atoms with van der Waals surface area (Å²) in [5.74, 6) is 3.18. The number of amides is 1. The number of nitrogens with one attached hydrogen (secondary N) is 1. The number of methoxy groups -OCH3 is 1. The molecule has 1 aliphatic heterocycles. The molecule has 184 valence electrons. The van der Waals surface area contributed by atoms with Crippen LogP contribution in [0, 0.1) is 0 Å². The Morgan fingerprint density at radius 1 is 1.09 bits per heavy atom. The van der Waals surface area contributed by atoms with E-state index in [1.54, 1.807) is 7.11 Å². The van der Waals surface area contributed by atoms with E-state index in [1.165, 1.54) is 31.0 Å². The monoisotopic (exact) mass is 494 g/mol. The summed E-state index contributed by atoms with van der Waals surface area (Å²) in [6.07, 6.45) is 5.57. The molecular formula is C26H30N4O4S. The fraction of sp³-hybridized carbons (Fsp3) is 0.423. The number of aromatic nitrogens is 3. The molecule has 1 aliphatic carbocycles. The van der Waals surface area contributed by atoms with Crippen molar-refractivity contribution in [3.05, 3.63) is 48.5 Å². The van der Waals surface area contributed by atoms with Crippen LogP contribution in [0.5, 0.6) is 17.2 Å². The molecule has 1 saturated carbocycles. The third-order valence-electron chi connectivity index (χ3n) is 6.38. The van der Waals surface area contributed by atoms with E-state index in [0.29, 0.717) is 24.9 Å². The Hall–Kier alpha value is -3.20. The molecule has 0 bridgehead atoms. The van der Waals surface area contributed by atoms with Crippen molar-refractivity contribution in [3.8, 4) is 28.6 Å². The highest BCUT2D eigenvalue weighted by molar-refractivity contribution is 7.99. The Morgan fingerprint density at radius 2 is 1.86 bits per heavy atom. The predicted molar refractivity (Wildman–Crippen MR) is 134 cm³/mol. The van der Waals surface area contributed by atoms with Crippen molar-refractivity contribution in [3.63, 3.8) is 0 Å². The van der Waals surface area contributed by atoms with Crippen LogP contribution in [-0.4, -0.2) is 52.8 Å². The van der Waals surface area contributed by atoms with Gasteiger partial charge in [0.2, 0.25) is 5.91 Å². The van der Waals surface area contributed by atoms with Gasteiger partial charge in [-0.2, -0.15) is 0 Å². The summed E-state index contributed by atoms with van der Waals surface area (Å²) in [6.45, 7) is 0.790. The van der Waals surface area contributed by atoms with Crippen molar-refractivity contribution in [1.29, 1.82) is 0 Å². The highest BCUT2D eigenvalue weighted by Crippen LogP contribution is 2.38. The van der Waals surface area contributed by atoms with E-state index in [0.717, 1.165) is 40.9 Å². The molecule has 1 N–H and O–H groups in total. The van der Waals surface area contributed by atoms with Gasteiger partial charge in [-0.3, -0.25) is 9.36 Å². The lowest BCUT2D eigenvalue weighted by molar-refractivity contribution is -0.119. The van der Waals surface area contributed by atoms with E-state index < -0.39 is 0 Å². The van der Waals surface area contributed by atoms with Crippen LogP contribution >= 0.6 is 11.8 Å². The molecule has 0 radical (unpaired) electrons. The summed E-state index contributed by atoms with van der Waals surface area (Å²) in [4.78, 5) is 12.7. The SMILES string of the molecule is COc1ccccc1-c1nnc(SCC(=O)NC[C@@H]2COc3ccccc3O2)n1C1CCCCC1. The molecule has 2 aliphatic rings. The fourth-order valence-electron chi connectivity index (χ4n) is 4.63. The zero-order valence-corrected chi connectivity index (χ0v) is 20.6. The maximum absolute atomic E-state index is 12.7. The van der Waals surface area contributed by atoms with Gasteiger partial charge in [0, 0.05) is 6.04 Å². The van der Waals surface area contributed by atoms with Gasteiger partial charge in [0.1, 0.15) is 18.5 Å². The summed E-state index contributed by atoms with van der Waals surface area (Å²) < 4.78 is 19.5. The number of rotatable bonds is 8. The number of hydrogen-bond acceptors (Lipinski definition) is 7. The normalized spacial score (nSPS) is 17.7. The molecule has 5 rings (SSSR count). The van der Waals surface area contributed by atoms with Crippen LogP contribution in [-0.2, 0) is 4.79 Å². The van der Waals surface area contributed by atoms with Crippen LogP contribution in [0.15, 0.2) is 53.7 Å². The molecule has 1 atom stereocenters. The molecule has 0 spiro atoms. The number of ether oxygens (including phenoxy) is 3.